The van der Waals surface area contributed by atoms with Crippen molar-refractivity contribution in [3.05, 3.63) is 23.2 Å². The van der Waals surface area contributed by atoms with Crippen LogP contribution < -0.4 is 4.90 Å². The summed E-state index contributed by atoms with van der Waals surface area (Å²) >= 11 is 7.74. The Morgan fingerprint density at radius 1 is 1.38 bits per heavy atom. The highest BCUT2D eigenvalue weighted by atomic mass is 35.5. The van der Waals surface area contributed by atoms with E-state index in [9.17, 15) is 4.79 Å². The molecular weight excluding hydrogens is 346 g/mol. The molecular formula is C17H20ClN3O2S. The van der Waals surface area contributed by atoms with Gasteiger partial charge in [0.15, 0.2) is 5.13 Å². The van der Waals surface area contributed by atoms with E-state index in [2.05, 4.69) is 4.90 Å². The van der Waals surface area contributed by atoms with Gasteiger partial charge in [0.2, 0.25) is 5.91 Å². The van der Waals surface area contributed by atoms with E-state index in [4.69, 9.17) is 21.3 Å². The Bertz CT molecular complexity index is 765. The van der Waals surface area contributed by atoms with Crippen molar-refractivity contribution in [3.8, 4) is 0 Å². The molecule has 1 amide bonds. The third-order valence-electron chi connectivity index (χ3n) is 4.94. The van der Waals surface area contributed by atoms with E-state index in [-0.39, 0.29) is 17.9 Å². The number of carbonyl (C=O) groups excluding carboxylic acids is 1. The summed E-state index contributed by atoms with van der Waals surface area (Å²) in [6.45, 7) is 2.88. The maximum atomic E-state index is 12.7. The minimum Gasteiger partial charge on any atom is -0.383 e. The second-order valence-corrected chi connectivity index (χ2v) is 7.91. The molecule has 5 rings (SSSR count). The van der Waals surface area contributed by atoms with Gasteiger partial charge in [-0.3, -0.25) is 4.79 Å². The first-order valence-electron chi connectivity index (χ1n) is 8.26. The molecule has 2 atom stereocenters. The van der Waals surface area contributed by atoms with E-state index in [1.54, 1.807) is 18.4 Å². The predicted octanol–water partition coefficient (Wildman–Crippen LogP) is 3.02. The topological polar surface area (TPSA) is 45.7 Å². The number of ether oxygens (including phenoxy) is 1. The molecule has 1 aromatic heterocycles. The zero-order valence-electron chi connectivity index (χ0n) is 13.6. The van der Waals surface area contributed by atoms with Gasteiger partial charge in [-0.05, 0) is 31.0 Å². The number of hydrogen-bond acceptors (Lipinski definition) is 5. The number of hydrogen-bond donors (Lipinski definition) is 0. The Morgan fingerprint density at radius 2 is 2.25 bits per heavy atom. The van der Waals surface area contributed by atoms with Gasteiger partial charge in [0.25, 0.3) is 0 Å². The van der Waals surface area contributed by atoms with Gasteiger partial charge in [-0.25, -0.2) is 4.98 Å². The molecule has 4 heterocycles. The number of anilines is 1. The van der Waals surface area contributed by atoms with Gasteiger partial charge in [0.05, 0.1) is 22.7 Å². The fourth-order valence-corrected chi connectivity index (χ4v) is 4.96. The van der Waals surface area contributed by atoms with Crippen molar-refractivity contribution in [1.82, 2.24) is 9.88 Å². The van der Waals surface area contributed by atoms with Gasteiger partial charge in [-0.1, -0.05) is 22.9 Å². The van der Waals surface area contributed by atoms with Crippen LogP contribution in [0.1, 0.15) is 12.8 Å². The van der Waals surface area contributed by atoms with Crippen molar-refractivity contribution in [2.24, 2.45) is 5.92 Å². The summed E-state index contributed by atoms with van der Waals surface area (Å²) in [5.74, 6) is 0.339. The number of thiazole rings is 1. The van der Waals surface area contributed by atoms with Crippen LogP contribution in [0.4, 0.5) is 5.13 Å². The Hall–Kier alpha value is -1.37. The first-order valence-corrected chi connectivity index (χ1v) is 9.45. The Kier molecular flexibility index (Phi) is 4.37. The average Bonchev–Trinajstić information content (AvgIpc) is 2.79. The number of nitrogens with zero attached hydrogens (tertiary/aromatic N) is 3. The molecule has 7 heteroatoms. The number of piperidine rings is 1. The van der Waals surface area contributed by atoms with E-state index < -0.39 is 0 Å². The normalized spacial score (nSPS) is 24.0. The summed E-state index contributed by atoms with van der Waals surface area (Å²) in [7, 11) is 1.68. The molecule has 3 aliphatic rings. The van der Waals surface area contributed by atoms with Crippen molar-refractivity contribution in [3.63, 3.8) is 0 Å². The minimum atomic E-state index is 0.0659. The lowest BCUT2D eigenvalue weighted by molar-refractivity contribution is -0.140. The quantitative estimate of drug-likeness (QED) is 0.835. The third-order valence-corrected chi connectivity index (χ3v) is 6.25. The number of aromatic nitrogens is 1. The zero-order chi connectivity index (χ0) is 16.7. The maximum Gasteiger partial charge on any atom is 0.227 e. The molecule has 3 fully saturated rings. The molecule has 0 aliphatic carbocycles. The smallest absolute Gasteiger partial charge is 0.227 e. The lowest BCUT2D eigenvalue weighted by Gasteiger charge is -2.35. The zero-order valence-corrected chi connectivity index (χ0v) is 15.1. The summed E-state index contributed by atoms with van der Waals surface area (Å²) < 4.78 is 6.27. The Labute approximate surface area is 150 Å². The molecule has 0 saturated carbocycles. The Balaban J connectivity index is 1.61. The molecule has 2 bridgehead atoms. The molecule has 2 aromatic rings. The fraction of sp³-hybridized carbons (Fsp3) is 0.529. The number of fused-ring (bicyclic) bond motifs is 5. The molecule has 1 aromatic carbocycles. The van der Waals surface area contributed by atoms with E-state index in [1.807, 2.05) is 23.1 Å². The van der Waals surface area contributed by atoms with E-state index >= 15 is 0 Å². The average molecular weight is 366 g/mol. The Morgan fingerprint density at radius 3 is 3.08 bits per heavy atom. The van der Waals surface area contributed by atoms with Crippen LogP contribution >= 0.6 is 22.9 Å². The number of benzene rings is 1. The van der Waals surface area contributed by atoms with Crippen molar-refractivity contribution in [2.45, 2.75) is 18.9 Å². The summed E-state index contributed by atoms with van der Waals surface area (Å²) in [6.07, 6.45) is 2.04. The SMILES string of the molecule is COCCN1C(=O)[C@H]2CC[C@@H]1CN(c1nc3ccc(Cl)cc3s1)C2. The molecule has 0 radical (unpaired) electrons. The van der Waals surface area contributed by atoms with Gasteiger partial charge in [0.1, 0.15) is 0 Å². The summed E-state index contributed by atoms with van der Waals surface area (Å²) in [6, 6.07) is 6.04. The molecule has 0 spiro atoms. The van der Waals surface area contributed by atoms with Gasteiger partial charge in [-0.15, -0.1) is 0 Å². The fourth-order valence-electron chi connectivity index (χ4n) is 3.70. The molecule has 0 N–H and O–H groups in total. The van der Waals surface area contributed by atoms with E-state index in [0.717, 1.165) is 46.3 Å². The van der Waals surface area contributed by atoms with Crippen LogP contribution in [0, 0.1) is 5.92 Å². The molecule has 5 nitrogen and oxygen atoms in total. The first-order chi connectivity index (χ1) is 11.7. The second kappa shape index (κ2) is 6.50. The first kappa shape index (κ1) is 16.1. The lowest BCUT2D eigenvalue weighted by atomic mass is 9.94. The summed E-state index contributed by atoms with van der Waals surface area (Å²) in [4.78, 5) is 21.8. The van der Waals surface area contributed by atoms with Crippen molar-refractivity contribution in [2.75, 3.05) is 38.3 Å². The number of amides is 1. The maximum absolute atomic E-state index is 12.7. The van der Waals surface area contributed by atoms with Crippen LogP contribution in [0.15, 0.2) is 18.2 Å². The molecule has 3 saturated heterocycles. The predicted molar refractivity (Wildman–Crippen MR) is 96.9 cm³/mol. The number of rotatable bonds is 4. The van der Waals surface area contributed by atoms with Gasteiger partial charge in [0, 0.05) is 37.8 Å². The van der Waals surface area contributed by atoms with Gasteiger partial charge < -0.3 is 14.5 Å². The lowest BCUT2D eigenvalue weighted by Crippen LogP contribution is -2.49. The highest BCUT2D eigenvalue weighted by Crippen LogP contribution is 2.35. The molecule has 128 valence electrons. The highest BCUT2D eigenvalue weighted by Gasteiger charge is 2.41. The second-order valence-electron chi connectivity index (χ2n) is 6.47. The van der Waals surface area contributed by atoms with Crippen LogP contribution in [0.2, 0.25) is 5.02 Å². The number of carbonyl (C=O) groups is 1. The third kappa shape index (κ3) is 2.87. The van der Waals surface area contributed by atoms with Crippen LogP contribution in [0.25, 0.3) is 10.2 Å². The van der Waals surface area contributed by atoms with Gasteiger partial charge >= 0.3 is 0 Å². The largest absolute Gasteiger partial charge is 0.383 e. The monoisotopic (exact) mass is 365 g/mol. The van der Waals surface area contributed by atoms with E-state index in [1.165, 1.54) is 0 Å². The van der Waals surface area contributed by atoms with Crippen LogP contribution in [-0.2, 0) is 9.53 Å². The molecule has 0 unspecified atom stereocenters. The molecule has 24 heavy (non-hydrogen) atoms. The van der Waals surface area contributed by atoms with Crippen molar-refractivity contribution >= 4 is 44.2 Å². The standard InChI is InChI=1S/C17H20ClN3O2S/c1-23-7-6-21-13-4-2-11(16(21)22)9-20(10-13)17-19-14-5-3-12(18)8-15(14)24-17/h3,5,8,11,13H,2,4,6-7,9-10H2,1H3/t11-,13+/m0/s1. The summed E-state index contributed by atoms with van der Waals surface area (Å²) in [5, 5.41) is 1.72. The highest BCUT2D eigenvalue weighted by molar-refractivity contribution is 7.22. The van der Waals surface area contributed by atoms with Crippen molar-refractivity contribution in [1.29, 1.82) is 0 Å². The minimum absolute atomic E-state index is 0.0659. The van der Waals surface area contributed by atoms with Gasteiger partial charge in [-0.2, -0.15) is 0 Å². The van der Waals surface area contributed by atoms with Crippen LogP contribution in [-0.4, -0.2) is 55.2 Å². The molecule has 3 aliphatic heterocycles. The number of halogens is 1. The van der Waals surface area contributed by atoms with Crippen LogP contribution in [0.3, 0.4) is 0 Å². The van der Waals surface area contributed by atoms with Crippen LogP contribution in [0.5, 0.6) is 0 Å². The number of methoxy groups -OCH3 is 1. The van der Waals surface area contributed by atoms with Crippen molar-refractivity contribution < 1.29 is 9.53 Å². The van der Waals surface area contributed by atoms with E-state index in [0.29, 0.717) is 13.2 Å². The summed E-state index contributed by atoms with van der Waals surface area (Å²) in [5.41, 5.74) is 0.971.